The summed E-state index contributed by atoms with van der Waals surface area (Å²) < 4.78 is 25.6. The second kappa shape index (κ2) is 8.56. The lowest BCUT2D eigenvalue weighted by molar-refractivity contribution is -0.116. The van der Waals surface area contributed by atoms with Gasteiger partial charge in [-0.1, -0.05) is 35.9 Å². The molecule has 0 atom stereocenters. The van der Waals surface area contributed by atoms with Gasteiger partial charge in [0.05, 0.1) is 11.9 Å². The molecule has 2 aromatic carbocycles. The van der Waals surface area contributed by atoms with Crippen LogP contribution >= 0.6 is 11.6 Å². The van der Waals surface area contributed by atoms with E-state index < -0.39 is 10.0 Å². The van der Waals surface area contributed by atoms with Gasteiger partial charge in [-0.05, 0) is 49.6 Å². The summed E-state index contributed by atoms with van der Waals surface area (Å²) in [4.78, 5) is 12.2. The van der Waals surface area contributed by atoms with Crippen LogP contribution in [0.1, 0.15) is 24.0 Å². The highest BCUT2D eigenvalue weighted by Gasteiger charge is 2.19. The zero-order valence-electron chi connectivity index (χ0n) is 15.1. The van der Waals surface area contributed by atoms with Crippen LogP contribution in [0.4, 0.5) is 11.4 Å². The maximum Gasteiger partial charge on any atom is 0.232 e. The molecule has 0 saturated carbocycles. The number of sulfonamides is 1. The number of rotatable bonds is 7. The maximum absolute atomic E-state index is 12.2. The molecule has 0 aliphatic rings. The minimum Gasteiger partial charge on any atom is -0.326 e. The Morgan fingerprint density at radius 1 is 1.12 bits per heavy atom. The van der Waals surface area contributed by atoms with E-state index in [4.69, 9.17) is 11.6 Å². The monoisotopic (exact) mass is 394 g/mol. The lowest BCUT2D eigenvalue weighted by atomic mass is 10.2. The number of nitrogens with one attached hydrogen (secondary N) is 1. The Morgan fingerprint density at radius 3 is 2.46 bits per heavy atom. The average molecular weight is 395 g/mol. The molecule has 1 amide bonds. The van der Waals surface area contributed by atoms with E-state index in [0.717, 1.165) is 11.1 Å². The molecule has 140 valence electrons. The van der Waals surface area contributed by atoms with E-state index in [1.54, 1.807) is 24.3 Å². The van der Waals surface area contributed by atoms with Crippen LogP contribution < -0.4 is 9.62 Å². The molecule has 0 radical (unpaired) electrons. The van der Waals surface area contributed by atoms with Gasteiger partial charge in [0.25, 0.3) is 0 Å². The molecule has 0 saturated heterocycles. The van der Waals surface area contributed by atoms with Crippen LogP contribution in [0, 0.1) is 13.8 Å². The number of carbonyl (C=O) groups is 1. The summed E-state index contributed by atoms with van der Waals surface area (Å²) in [6, 6.07) is 12.6. The van der Waals surface area contributed by atoms with Crippen LogP contribution in [0.5, 0.6) is 0 Å². The van der Waals surface area contributed by atoms with Gasteiger partial charge in [-0.25, -0.2) is 8.42 Å². The van der Waals surface area contributed by atoms with Crippen LogP contribution in [-0.2, 0) is 14.8 Å². The summed E-state index contributed by atoms with van der Waals surface area (Å²) in [5.74, 6) is -0.173. The lowest BCUT2D eigenvalue weighted by Crippen LogP contribution is -2.32. The molecule has 0 heterocycles. The highest BCUT2D eigenvalue weighted by molar-refractivity contribution is 7.92. The minimum atomic E-state index is -3.43. The quantitative estimate of drug-likeness (QED) is 0.767. The number of anilines is 2. The zero-order valence-corrected chi connectivity index (χ0v) is 16.7. The largest absolute Gasteiger partial charge is 0.326 e. The summed E-state index contributed by atoms with van der Waals surface area (Å²) in [6.45, 7) is 3.99. The second-order valence-electron chi connectivity index (χ2n) is 6.23. The van der Waals surface area contributed by atoms with E-state index in [1.165, 1.54) is 10.6 Å². The smallest absolute Gasteiger partial charge is 0.232 e. The second-order valence-corrected chi connectivity index (χ2v) is 8.58. The van der Waals surface area contributed by atoms with E-state index in [9.17, 15) is 13.2 Å². The van der Waals surface area contributed by atoms with Crippen molar-refractivity contribution in [3.63, 3.8) is 0 Å². The molecule has 0 spiro atoms. The molecule has 0 aromatic heterocycles. The van der Waals surface area contributed by atoms with Crippen LogP contribution in [-0.4, -0.2) is 27.1 Å². The van der Waals surface area contributed by atoms with Crippen LogP contribution in [0.3, 0.4) is 0 Å². The normalized spacial score (nSPS) is 11.2. The van der Waals surface area contributed by atoms with E-state index in [-0.39, 0.29) is 18.9 Å². The van der Waals surface area contributed by atoms with E-state index >= 15 is 0 Å². The first-order valence-electron chi connectivity index (χ1n) is 8.28. The predicted octanol–water partition coefficient (Wildman–Crippen LogP) is 4.14. The van der Waals surface area contributed by atoms with Gasteiger partial charge in [0.2, 0.25) is 15.9 Å². The van der Waals surface area contributed by atoms with E-state index in [0.29, 0.717) is 22.8 Å². The fourth-order valence-electron chi connectivity index (χ4n) is 2.63. The van der Waals surface area contributed by atoms with Crippen molar-refractivity contribution in [1.29, 1.82) is 0 Å². The molecule has 0 aliphatic carbocycles. The number of carbonyl (C=O) groups excluding carboxylic acids is 1. The van der Waals surface area contributed by atoms with Gasteiger partial charge in [0.15, 0.2) is 0 Å². The van der Waals surface area contributed by atoms with Crippen molar-refractivity contribution >= 4 is 38.9 Å². The highest BCUT2D eigenvalue weighted by Crippen LogP contribution is 2.23. The summed E-state index contributed by atoms with van der Waals surface area (Å²) >= 11 is 5.95. The SMILES string of the molecule is Cc1ccc(Cl)cc1NC(=O)CCCN(c1ccccc1C)S(C)(=O)=O. The van der Waals surface area contributed by atoms with Crippen LogP contribution in [0.25, 0.3) is 0 Å². The van der Waals surface area contributed by atoms with Gasteiger partial charge in [-0.15, -0.1) is 0 Å². The summed E-state index contributed by atoms with van der Waals surface area (Å²) in [6.07, 6.45) is 1.80. The number of halogens is 1. The van der Waals surface area contributed by atoms with Gasteiger partial charge in [0.1, 0.15) is 0 Å². The minimum absolute atomic E-state index is 0.173. The lowest BCUT2D eigenvalue weighted by Gasteiger charge is -2.24. The third-order valence-corrected chi connectivity index (χ3v) is 5.44. The maximum atomic E-state index is 12.2. The number of nitrogens with zero attached hydrogens (tertiary/aromatic N) is 1. The standard InChI is InChI=1S/C19H23ClN2O3S/c1-14-10-11-16(20)13-17(14)21-19(23)9-6-12-22(26(3,24)25)18-8-5-4-7-15(18)2/h4-5,7-8,10-11,13H,6,9,12H2,1-3H3,(H,21,23). The molecule has 0 bridgehead atoms. The predicted molar refractivity (Wildman–Crippen MR) is 107 cm³/mol. The average Bonchev–Trinajstić information content (AvgIpc) is 2.55. The van der Waals surface area contributed by atoms with E-state index in [2.05, 4.69) is 5.32 Å². The first-order chi connectivity index (χ1) is 12.2. The van der Waals surface area contributed by atoms with Gasteiger partial charge >= 0.3 is 0 Å². The zero-order chi connectivity index (χ0) is 19.3. The topological polar surface area (TPSA) is 66.5 Å². The van der Waals surface area contributed by atoms with Crippen molar-refractivity contribution in [1.82, 2.24) is 0 Å². The Morgan fingerprint density at radius 2 is 1.81 bits per heavy atom. The van der Waals surface area contributed by atoms with E-state index in [1.807, 2.05) is 32.0 Å². The highest BCUT2D eigenvalue weighted by atomic mass is 35.5. The van der Waals surface area contributed by atoms with Crippen molar-refractivity contribution < 1.29 is 13.2 Å². The number of para-hydroxylation sites is 1. The molecule has 2 rings (SSSR count). The van der Waals surface area contributed by atoms with Crippen molar-refractivity contribution in [2.75, 3.05) is 22.4 Å². The van der Waals surface area contributed by atoms with Gasteiger partial charge in [-0.2, -0.15) is 0 Å². The van der Waals surface area contributed by atoms with Crippen molar-refractivity contribution in [2.24, 2.45) is 0 Å². The number of benzene rings is 2. The molecular formula is C19H23ClN2O3S. The molecule has 0 unspecified atom stereocenters. The van der Waals surface area contributed by atoms with Crippen molar-refractivity contribution in [2.45, 2.75) is 26.7 Å². The Kier molecular flexibility index (Phi) is 6.67. The first-order valence-corrected chi connectivity index (χ1v) is 10.5. The Bertz CT molecular complexity index is 897. The summed E-state index contributed by atoms with van der Waals surface area (Å²) in [5.41, 5.74) is 3.10. The Balaban J connectivity index is 2.01. The Hall–Kier alpha value is -2.05. The molecule has 0 aliphatic heterocycles. The molecule has 7 heteroatoms. The first kappa shape index (κ1) is 20.3. The summed E-state index contributed by atoms with van der Waals surface area (Å²) in [7, 11) is -3.43. The van der Waals surface area contributed by atoms with Crippen molar-refractivity contribution in [3.8, 4) is 0 Å². The number of hydrogen-bond donors (Lipinski definition) is 1. The third kappa shape index (κ3) is 5.47. The molecule has 5 nitrogen and oxygen atoms in total. The van der Waals surface area contributed by atoms with Gasteiger partial charge in [-0.3, -0.25) is 9.10 Å². The molecule has 1 N–H and O–H groups in total. The van der Waals surface area contributed by atoms with Gasteiger partial charge in [0, 0.05) is 23.7 Å². The molecule has 0 fully saturated rings. The number of aryl methyl sites for hydroxylation is 2. The molecule has 26 heavy (non-hydrogen) atoms. The van der Waals surface area contributed by atoms with Crippen molar-refractivity contribution in [3.05, 3.63) is 58.6 Å². The fraction of sp³-hybridized carbons (Fsp3) is 0.316. The molecular weight excluding hydrogens is 372 g/mol. The summed E-state index contributed by atoms with van der Waals surface area (Å²) in [5, 5.41) is 3.37. The number of hydrogen-bond acceptors (Lipinski definition) is 3. The molecule has 2 aromatic rings. The van der Waals surface area contributed by atoms with Gasteiger partial charge < -0.3 is 5.32 Å². The van der Waals surface area contributed by atoms with Crippen LogP contribution in [0.2, 0.25) is 5.02 Å². The third-order valence-electron chi connectivity index (χ3n) is 4.02. The Labute approximate surface area is 160 Å². The van der Waals surface area contributed by atoms with Crippen LogP contribution in [0.15, 0.2) is 42.5 Å². The fourth-order valence-corrected chi connectivity index (χ4v) is 3.83. The number of amides is 1.